The van der Waals surface area contributed by atoms with Crippen LogP contribution in [0.25, 0.3) is 0 Å². The zero-order valence-electron chi connectivity index (χ0n) is 14.7. The van der Waals surface area contributed by atoms with E-state index in [0.29, 0.717) is 6.04 Å². The lowest BCUT2D eigenvalue weighted by atomic mass is 9.75. The Hall–Kier alpha value is -1.65. The Kier molecular flexibility index (Phi) is 5.69. The van der Waals surface area contributed by atoms with Crippen LogP contribution in [0.2, 0.25) is 0 Å². The average molecular weight is 327 g/mol. The lowest BCUT2D eigenvalue weighted by Gasteiger charge is -2.50. The summed E-state index contributed by atoms with van der Waals surface area (Å²) < 4.78 is 0. The summed E-state index contributed by atoms with van der Waals surface area (Å²) in [6.45, 7) is 9.04. The molecule has 3 fully saturated rings. The number of hydrogen-bond acceptors (Lipinski definition) is 3. The molecule has 3 aliphatic rings. The molecule has 1 unspecified atom stereocenters. The molecule has 4 rings (SSSR count). The monoisotopic (exact) mass is 327 g/mol. The van der Waals surface area contributed by atoms with Crippen LogP contribution >= 0.6 is 0 Å². The molecule has 0 aliphatic carbocycles. The molecule has 0 radical (unpaired) electrons. The molecule has 3 aliphatic heterocycles. The first-order valence-corrected chi connectivity index (χ1v) is 9.04. The highest BCUT2D eigenvalue weighted by Gasteiger charge is 2.40. The standard InChI is InChI=1S/C20H29N3O/c1-3-10-22(2)14-18-15-23-11-9-17(18)12-19(23)13-21-20(24)16-7-5-4-6-8-16/h3-8,17-19H,1,9-15H2,2H3,(H,21,24)/t17-,18-,19+/m0/s1. The van der Waals surface area contributed by atoms with Gasteiger partial charge >= 0.3 is 0 Å². The fourth-order valence-corrected chi connectivity index (χ4v) is 4.27. The number of piperidine rings is 3. The molecule has 3 heterocycles. The molecule has 0 aromatic heterocycles. The Morgan fingerprint density at radius 1 is 1.42 bits per heavy atom. The summed E-state index contributed by atoms with van der Waals surface area (Å²) in [5, 5.41) is 3.13. The molecule has 4 atom stereocenters. The maximum absolute atomic E-state index is 12.2. The lowest BCUT2D eigenvalue weighted by molar-refractivity contribution is -0.00778. The van der Waals surface area contributed by atoms with Gasteiger partial charge in [0, 0.05) is 37.8 Å². The Bertz CT molecular complexity index is 559. The SMILES string of the molecule is C=CCN(C)C[C@H]1CN2CC[C@H]1C[C@@H]2CNC(=O)c1ccccc1. The van der Waals surface area contributed by atoms with Crippen LogP contribution in [0.4, 0.5) is 0 Å². The molecular formula is C20H29N3O. The molecule has 4 nitrogen and oxygen atoms in total. The fourth-order valence-electron chi connectivity index (χ4n) is 4.27. The van der Waals surface area contributed by atoms with Gasteiger partial charge in [-0.15, -0.1) is 6.58 Å². The summed E-state index contributed by atoms with van der Waals surface area (Å²) in [5.74, 6) is 1.59. The van der Waals surface area contributed by atoms with Crippen LogP contribution in [0.5, 0.6) is 0 Å². The number of likely N-dealkylation sites (N-methyl/N-ethyl adjacent to an activating group) is 1. The summed E-state index contributed by atoms with van der Waals surface area (Å²) in [7, 11) is 2.18. The predicted molar refractivity (Wildman–Crippen MR) is 98.0 cm³/mol. The van der Waals surface area contributed by atoms with Crippen molar-refractivity contribution in [3.05, 3.63) is 48.6 Å². The van der Waals surface area contributed by atoms with E-state index in [2.05, 4.69) is 28.7 Å². The molecule has 1 aromatic rings. The van der Waals surface area contributed by atoms with Gasteiger partial charge in [-0.05, 0) is 50.4 Å². The van der Waals surface area contributed by atoms with E-state index in [1.807, 2.05) is 36.4 Å². The fraction of sp³-hybridized carbons (Fsp3) is 0.550. The van der Waals surface area contributed by atoms with Crippen LogP contribution in [0.1, 0.15) is 23.2 Å². The second-order valence-corrected chi connectivity index (χ2v) is 7.28. The van der Waals surface area contributed by atoms with Gasteiger partial charge in [-0.3, -0.25) is 9.69 Å². The molecule has 2 bridgehead atoms. The van der Waals surface area contributed by atoms with Crippen LogP contribution in [0.3, 0.4) is 0 Å². The van der Waals surface area contributed by atoms with E-state index in [4.69, 9.17) is 0 Å². The van der Waals surface area contributed by atoms with Crippen molar-refractivity contribution >= 4 is 5.91 Å². The van der Waals surface area contributed by atoms with Crippen LogP contribution < -0.4 is 5.32 Å². The predicted octanol–water partition coefficient (Wildman–Crippen LogP) is 2.24. The number of rotatable bonds is 7. The number of benzene rings is 1. The van der Waals surface area contributed by atoms with Crippen LogP contribution in [0.15, 0.2) is 43.0 Å². The molecule has 24 heavy (non-hydrogen) atoms. The highest BCUT2D eigenvalue weighted by Crippen LogP contribution is 2.36. The number of nitrogens with zero attached hydrogens (tertiary/aromatic N) is 2. The molecule has 4 heteroatoms. The third-order valence-corrected chi connectivity index (χ3v) is 5.54. The lowest BCUT2D eigenvalue weighted by Crippen LogP contribution is -2.58. The summed E-state index contributed by atoms with van der Waals surface area (Å²) in [4.78, 5) is 17.2. The van der Waals surface area contributed by atoms with Crippen molar-refractivity contribution in [2.75, 3.05) is 39.8 Å². The Morgan fingerprint density at radius 3 is 2.88 bits per heavy atom. The molecule has 1 amide bonds. The van der Waals surface area contributed by atoms with E-state index in [1.54, 1.807) is 0 Å². The first-order valence-electron chi connectivity index (χ1n) is 9.04. The maximum atomic E-state index is 12.2. The minimum atomic E-state index is 0.0421. The van der Waals surface area contributed by atoms with Gasteiger partial charge in [0.2, 0.25) is 0 Å². The van der Waals surface area contributed by atoms with Gasteiger partial charge in [-0.1, -0.05) is 24.3 Å². The second kappa shape index (κ2) is 7.95. The number of carbonyl (C=O) groups is 1. The van der Waals surface area contributed by atoms with Crippen molar-refractivity contribution in [3.63, 3.8) is 0 Å². The van der Waals surface area contributed by atoms with Crippen molar-refractivity contribution in [2.24, 2.45) is 11.8 Å². The number of carbonyl (C=O) groups excluding carboxylic acids is 1. The number of nitrogens with one attached hydrogen (secondary N) is 1. The first-order chi connectivity index (χ1) is 11.7. The number of amides is 1. The third kappa shape index (κ3) is 4.05. The summed E-state index contributed by atoms with van der Waals surface area (Å²) in [6, 6.07) is 9.99. The van der Waals surface area contributed by atoms with Crippen LogP contribution in [-0.4, -0.2) is 61.5 Å². The van der Waals surface area contributed by atoms with Crippen molar-refractivity contribution in [1.29, 1.82) is 0 Å². The normalized spacial score (nSPS) is 28.8. The highest BCUT2D eigenvalue weighted by atomic mass is 16.1. The van der Waals surface area contributed by atoms with Crippen molar-refractivity contribution in [1.82, 2.24) is 15.1 Å². The van der Waals surface area contributed by atoms with Gasteiger partial charge in [-0.2, -0.15) is 0 Å². The Balaban J connectivity index is 1.50. The minimum Gasteiger partial charge on any atom is -0.350 e. The topological polar surface area (TPSA) is 35.6 Å². The van der Waals surface area contributed by atoms with Crippen LogP contribution in [-0.2, 0) is 0 Å². The second-order valence-electron chi connectivity index (χ2n) is 7.28. The van der Waals surface area contributed by atoms with E-state index in [9.17, 15) is 4.79 Å². The third-order valence-electron chi connectivity index (χ3n) is 5.54. The van der Waals surface area contributed by atoms with Gasteiger partial charge in [0.25, 0.3) is 5.91 Å². The quantitative estimate of drug-likeness (QED) is 0.780. The van der Waals surface area contributed by atoms with Gasteiger partial charge < -0.3 is 10.2 Å². The zero-order valence-corrected chi connectivity index (χ0v) is 14.7. The van der Waals surface area contributed by atoms with Gasteiger partial charge in [0.15, 0.2) is 0 Å². The van der Waals surface area contributed by atoms with Gasteiger partial charge in [0.05, 0.1) is 0 Å². The molecule has 130 valence electrons. The summed E-state index contributed by atoms with van der Waals surface area (Å²) in [5.41, 5.74) is 0.748. The minimum absolute atomic E-state index is 0.0421. The van der Waals surface area contributed by atoms with Crippen molar-refractivity contribution in [2.45, 2.75) is 18.9 Å². The summed E-state index contributed by atoms with van der Waals surface area (Å²) in [6.07, 6.45) is 4.49. The molecule has 3 saturated heterocycles. The smallest absolute Gasteiger partial charge is 0.251 e. The summed E-state index contributed by atoms with van der Waals surface area (Å²) >= 11 is 0. The van der Waals surface area contributed by atoms with E-state index >= 15 is 0 Å². The van der Waals surface area contributed by atoms with E-state index < -0.39 is 0 Å². The number of hydrogen-bond donors (Lipinski definition) is 1. The van der Waals surface area contributed by atoms with E-state index in [-0.39, 0.29) is 5.91 Å². The molecule has 0 saturated carbocycles. The average Bonchev–Trinajstić information content (AvgIpc) is 2.61. The number of fused-ring (bicyclic) bond motifs is 3. The Morgan fingerprint density at radius 2 is 2.21 bits per heavy atom. The van der Waals surface area contributed by atoms with Crippen molar-refractivity contribution in [3.8, 4) is 0 Å². The maximum Gasteiger partial charge on any atom is 0.251 e. The largest absolute Gasteiger partial charge is 0.350 e. The highest BCUT2D eigenvalue weighted by molar-refractivity contribution is 5.94. The van der Waals surface area contributed by atoms with Crippen LogP contribution in [0, 0.1) is 11.8 Å². The zero-order chi connectivity index (χ0) is 16.9. The van der Waals surface area contributed by atoms with Gasteiger partial charge in [-0.25, -0.2) is 0 Å². The molecule has 1 N–H and O–H groups in total. The molecule has 0 spiro atoms. The van der Waals surface area contributed by atoms with E-state index in [1.165, 1.54) is 19.4 Å². The first kappa shape index (κ1) is 17.2. The molecular weight excluding hydrogens is 298 g/mol. The Labute approximate surface area is 145 Å². The molecule has 1 aromatic carbocycles. The van der Waals surface area contributed by atoms with Crippen molar-refractivity contribution < 1.29 is 4.79 Å². The van der Waals surface area contributed by atoms with E-state index in [0.717, 1.165) is 43.6 Å². The van der Waals surface area contributed by atoms with Gasteiger partial charge in [0.1, 0.15) is 0 Å².